The summed E-state index contributed by atoms with van der Waals surface area (Å²) < 4.78 is 0. The van der Waals surface area contributed by atoms with Crippen molar-refractivity contribution in [3.63, 3.8) is 0 Å². The zero-order valence-corrected chi connectivity index (χ0v) is 9.61. The van der Waals surface area contributed by atoms with Gasteiger partial charge < -0.3 is 10.6 Å². The largest absolute Gasteiger partial charge is 0.399 e. The van der Waals surface area contributed by atoms with E-state index in [4.69, 9.17) is 11.0 Å². The van der Waals surface area contributed by atoms with Crippen LogP contribution in [0.1, 0.15) is 18.9 Å². The van der Waals surface area contributed by atoms with Crippen molar-refractivity contribution in [1.29, 1.82) is 5.26 Å². The van der Waals surface area contributed by atoms with Crippen molar-refractivity contribution in [3.05, 3.63) is 23.8 Å². The zero-order valence-electron chi connectivity index (χ0n) is 9.61. The van der Waals surface area contributed by atoms with Crippen LogP contribution in [-0.4, -0.2) is 13.1 Å². The van der Waals surface area contributed by atoms with E-state index in [0.717, 1.165) is 31.6 Å². The second-order valence-electron chi connectivity index (χ2n) is 4.30. The molecule has 0 radical (unpaired) electrons. The Labute approximate surface area is 96.5 Å². The van der Waals surface area contributed by atoms with Gasteiger partial charge in [-0.1, -0.05) is 6.92 Å². The first-order valence-corrected chi connectivity index (χ1v) is 5.77. The van der Waals surface area contributed by atoms with Crippen LogP contribution >= 0.6 is 0 Å². The second-order valence-corrected chi connectivity index (χ2v) is 4.30. The van der Waals surface area contributed by atoms with Crippen LogP contribution in [0.25, 0.3) is 0 Å². The number of hydrogen-bond acceptors (Lipinski definition) is 3. The third-order valence-corrected chi connectivity index (χ3v) is 3.24. The fourth-order valence-electron chi connectivity index (χ4n) is 2.20. The predicted octanol–water partition coefficient (Wildman–Crippen LogP) is 2.18. The number of anilines is 2. The number of nitriles is 1. The minimum atomic E-state index is 0.183. The molecule has 16 heavy (non-hydrogen) atoms. The molecule has 1 aliphatic rings. The van der Waals surface area contributed by atoms with Crippen LogP contribution < -0.4 is 10.6 Å². The smallest absolute Gasteiger partial charge is 0.0675 e. The molecule has 0 unspecified atom stereocenters. The molecule has 1 atom stereocenters. The maximum absolute atomic E-state index is 8.88. The number of benzene rings is 1. The van der Waals surface area contributed by atoms with Crippen molar-refractivity contribution in [3.8, 4) is 6.07 Å². The summed E-state index contributed by atoms with van der Waals surface area (Å²) in [6, 6.07) is 8.50. The molecule has 3 nitrogen and oxygen atoms in total. The van der Waals surface area contributed by atoms with Gasteiger partial charge in [-0.05, 0) is 36.6 Å². The Bertz CT molecular complexity index is 420. The van der Waals surface area contributed by atoms with Crippen molar-refractivity contribution in [1.82, 2.24) is 0 Å². The van der Waals surface area contributed by atoms with E-state index < -0.39 is 0 Å². The number of nitrogens with two attached hydrogens (primary N) is 1. The van der Waals surface area contributed by atoms with Gasteiger partial charge in [0.25, 0.3) is 0 Å². The van der Waals surface area contributed by atoms with Gasteiger partial charge in [0.05, 0.1) is 12.0 Å². The molecule has 1 aliphatic heterocycles. The molecule has 0 saturated carbocycles. The average molecular weight is 215 g/mol. The summed E-state index contributed by atoms with van der Waals surface area (Å²) in [5.41, 5.74) is 9.13. The van der Waals surface area contributed by atoms with Crippen LogP contribution in [0.3, 0.4) is 0 Å². The van der Waals surface area contributed by atoms with Crippen molar-refractivity contribution < 1.29 is 0 Å². The van der Waals surface area contributed by atoms with E-state index in [2.05, 4.69) is 24.0 Å². The molecule has 2 N–H and O–H groups in total. The Morgan fingerprint density at radius 2 is 2.38 bits per heavy atom. The van der Waals surface area contributed by atoms with Crippen molar-refractivity contribution >= 4 is 11.4 Å². The monoisotopic (exact) mass is 215 g/mol. The highest BCUT2D eigenvalue weighted by Gasteiger charge is 2.22. The van der Waals surface area contributed by atoms with Crippen molar-refractivity contribution in [2.24, 2.45) is 5.92 Å². The first-order valence-electron chi connectivity index (χ1n) is 5.77. The Hall–Kier alpha value is -1.69. The lowest BCUT2D eigenvalue weighted by Crippen LogP contribution is -2.19. The first-order chi connectivity index (χ1) is 7.74. The molecule has 2 rings (SSSR count). The highest BCUT2D eigenvalue weighted by molar-refractivity contribution is 5.59. The minimum absolute atomic E-state index is 0.183. The minimum Gasteiger partial charge on any atom is -0.399 e. The summed E-state index contributed by atoms with van der Waals surface area (Å²) >= 11 is 0. The molecular weight excluding hydrogens is 198 g/mol. The normalized spacial score (nSPS) is 19.8. The molecule has 1 heterocycles. The van der Waals surface area contributed by atoms with Crippen LogP contribution in [-0.2, 0) is 6.42 Å². The maximum Gasteiger partial charge on any atom is 0.0675 e. The number of nitrogens with zero attached hydrogens (tertiary/aromatic N) is 2. The van der Waals surface area contributed by atoms with Gasteiger partial charge in [-0.15, -0.1) is 0 Å². The van der Waals surface area contributed by atoms with Gasteiger partial charge in [0.1, 0.15) is 0 Å². The van der Waals surface area contributed by atoms with Crippen LogP contribution in [0.5, 0.6) is 0 Å². The molecule has 0 amide bonds. The Morgan fingerprint density at radius 1 is 1.56 bits per heavy atom. The van der Waals surface area contributed by atoms with E-state index in [1.165, 1.54) is 11.3 Å². The Kier molecular flexibility index (Phi) is 3.00. The molecule has 1 aromatic carbocycles. The molecule has 3 heteroatoms. The average Bonchev–Trinajstić information content (AvgIpc) is 2.78. The fraction of sp³-hybridized carbons (Fsp3) is 0.462. The van der Waals surface area contributed by atoms with E-state index in [-0.39, 0.29) is 5.92 Å². The lowest BCUT2D eigenvalue weighted by Gasteiger charge is -2.19. The highest BCUT2D eigenvalue weighted by atomic mass is 15.1. The quantitative estimate of drug-likeness (QED) is 0.769. The second kappa shape index (κ2) is 4.44. The molecule has 1 fully saturated rings. The molecule has 0 bridgehead atoms. The van der Waals surface area contributed by atoms with Crippen LogP contribution in [0.4, 0.5) is 11.4 Å². The number of rotatable bonds is 2. The predicted molar refractivity (Wildman–Crippen MR) is 66.2 cm³/mol. The van der Waals surface area contributed by atoms with Crippen molar-refractivity contribution in [2.45, 2.75) is 19.8 Å². The van der Waals surface area contributed by atoms with Crippen LogP contribution in [0.15, 0.2) is 18.2 Å². The Balaban J connectivity index is 2.19. The molecule has 0 spiro atoms. The number of aryl methyl sites for hydroxylation is 1. The van der Waals surface area contributed by atoms with Gasteiger partial charge in [-0.3, -0.25) is 0 Å². The maximum atomic E-state index is 8.88. The Morgan fingerprint density at radius 3 is 3.00 bits per heavy atom. The van der Waals surface area contributed by atoms with Crippen LogP contribution in [0, 0.1) is 17.2 Å². The third kappa shape index (κ3) is 1.96. The van der Waals surface area contributed by atoms with Gasteiger partial charge in [0.15, 0.2) is 0 Å². The zero-order chi connectivity index (χ0) is 11.5. The van der Waals surface area contributed by atoms with E-state index in [1.807, 2.05) is 12.1 Å². The van der Waals surface area contributed by atoms with E-state index in [9.17, 15) is 0 Å². The van der Waals surface area contributed by atoms with Gasteiger partial charge in [-0.25, -0.2) is 0 Å². The summed E-state index contributed by atoms with van der Waals surface area (Å²) in [5, 5.41) is 8.88. The molecule has 0 aliphatic carbocycles. The van der Waals surface area contributed by atoms with E-state index in [1.54, 1.807) is 0 Å². The fourth-order valence-corrected chi connectivity index (χ4v) is 2.20. The molecule has 1 saturated heterocycles. The van der Waals surface area contributed by atoms with Gasteiger partial charge in [-0.2, -0.15) is 5.26 Å². The first kappa shape index (κ1) is 10.8. The van der Waals surface area contributed by atoms with E-state index >= 15 is 0 Å². The molecule has 84 valence electrons. The van der Waals surface area contributed by atoms with Gasteiger partial charge in [0.2, 0.25) is 0 Å². The summed E-state index contributed by atoms with van der Waals surface area (Å²) in [5.74, 6) is 0.183. The topological polar surface area (TPSA) is 53.0 Å². The third-order valence-electron chi connectivity index (χ3n) is 3.24. The SMILES string of the molecule is CCc1cc(N2CC[C@@H](C#N)C2)ccc1N. The number of hydrogen-bond donors (Lipinski definition) is 1. The summed E-state index contributed by atoms with van der Waals surface area (Å²) in [7, 11) is 0. The standard InChI is InChI=1S/C13H17N3/c1-2-11-7-12(3-4-13(11)15)16-6-5-10(8-14)9-16/h3-4,7,10H,2,5-6,9,15H2,1H3/t10-/m0/s1. The van der Waals surface area contributed by atoms with Gasteiger partial charge in [0, 0.05) is 24.5 Å². The van der Waals surface area contributed by atoms with E-state index in [0.29, 0.717) is 0 Å². The summed E-state index contributed by atoms with van der Waals surface area (Å²) in [6.07, 6.45) is 1.93. The van der Waals surface area contributed by atoms with Gasteiger partial charge >= 0.3 is 0 Å². The lowest BCUT2D eigenvalue weighted by molar-refractivity contribution is 0.755. The summed E-state index contributed by atoms with van der Waals surface area (Å²) in [4.78, 5) is 2.27. The molecule has 0 aromatic heterocycles. The molecular formula is C13H17N3. The van der Waals surface area contributed by atoms with Crippen molar-refractivity contribution in [2.75, 3.05) is 23.7 Å². The highest BCUT2D eigenvalue weighted by Crippen LogP contribution is 2.26. The summed E-state index contributed by atoms with van der Waals surface area (Å²) in [6.45, 7) is 3.94. The number of nitrogen functional groups attached to an aromatic ring is 1. The lowest BCUT2D eigenvalue weighted by atomic mass is 10.1. The van der Waals surface area contributed by atoms with Crippen LogP contribution in [0.2, 0.25) is 0 Å². The molecule has 1 aromatic rings.